The molecule has 0 bridgehead atoms. The highest BCUT2D eigenvalue weighted by Crippen LogP contribution is 2.43. The molecule has 65 heavy (non-hydrogen) atoms. The van der Waals surface area contributed by atoms with Gasteiger partial charge in [0.05, 0.1) is 22.1 Å². The summed E-state index contributed by atoms with van der Waals surface area (Å²) in [5, 5.41) is 5.03. The summed E-state index contributed by atoms with van der Waals surface area (Å²) in [5.74, 6) is 0.738. The van der Waals surface area contributed by atoms with Crippen LogP contribution in [0.4, 0.5) is 34.1 Å². The Hall–Kier alpha value is -8.08. The van der Waals surface area contributed by atoms with Crippen molar-refractivity contribution in [2.24, 2.45) is 5.92 Å². The molecule has 2 heterocycles. The van der Waals surface area contributed by atoms with Crippen molar-refractivity contribution >= 4 is 83.4 Å². The maximum atomic E-state index is 2.51. The van der Waals surface area contributed by atoms with Crippen LogP contribution in [-0.2, 0) is 0 Å². The number of hydrogen-bond donors (Lipinski definition) is 0. The molecule has 9 aromatic carbocycles. The van der Waals surface area contributed by atoms with Crippen molar-refractivity contribution < 1.29 is 0 Å². The highest BCUT2D eigenvalue weighted by atomic mass is 15.1. The average Bonchev–Trinajstić information content (AvgIpc) is 3.88. The van der Waals surface area contributed by atoms with Gasteiger partial charge in [-0.1, -0.05) is 128 Å². The van der Waals surface area contributed by atoms with E-state index in [1.54, 1.807) is 0 Å². The molecule has 312 valence electrons. The number of allylic oxidation sites excluding steroid dienone is 2. The van der Waals surface area contributed by atoms with Crippen LogP contribution in [0.5, 0.6) is 0 Å². The van der Waals surface area contributed by atoms with Crippen LogP contribution in [0.2, 0.25) is 0 Å². The number of rotatable bonds is 9. The van der Waals surface area contributed by atoms with Crippen molar-refractivity contribution in [3.8, 4) is 16.8 Å². The first-order valence-electron chi connectivity index (χ1n) is 22.9. The zero-order valence-corrected chi connectivity index (χ0v) is 36.4. The molecular formula is C61H48N4. The number of para-hydroxylation sites is 5. The second-order valence-electron chi connectivity index (χ2n) is 17.5. The van der Waals surface area contributed by atoms with E-state index in [1.807, 2.05) is 0 Å². The number of nitrogens with zero attached hydrogens (tertiary/aromatic N) is 4. The quantitative estimate of drug-likeness (QED) is 0.144. The highest BCUT2D eigenvalue weighted by molar-refractivity contribution is 6.12. The Balaban J connectivity index is 0.895. The predicted octanol–water partition coefficient (Wildman–Crippen LogP) is 17.2. The molecule has 12 rings (SSSR count). The van der Waals surface area contributed by atoms with Crippen LogP contribution in [0.1, 0.15) is 26.2 Å². The van der Waals surface area contributed by atoms with Gasteiger partial charge in [-0.2, -0.15) is 0 Å². The topological polar surface area (TPSA) is 16.3 Å². The lowest BCUT2D eigenvalue weighted by atomic mass is 9.94. The Bertz CT molecular complexity index is 3510. The van der Waals surface area contributed by atoms with Gasteiger partial charge >= 0.3 is 0 Å². The molecule has 4 heteroatoms. The van der Waals surface area contributed by atoms with Gasteiger partial charge in [0.1, 0.15) is 0 Å². The van der Waals surface area contributed by atoms with Gasteiger partial charge in [-0.05, 0) is 146 Å². The van der Waals surface area contributed by atoms with E-state index in [0.717, 1.165) is 58.6 Å². The van der Waals surface area contributed by atoms with E-state index in [4.69, 9.17) is 0 Å². The second kappa shape index (κ2) is 16.2. The largest absolute Gasteiger partial charge is 0.313 e. The summed E-state index contributed by atoms with van der Waals surface area (Å²) < 4.78 is 4.88. The third-order valence-electron chi connectivity index (χ3n) is 13.4. The number of aromatic nitrogens is 2. The van der Waals surface area contributed by atoms with E-state index in [0.29, 0.717) is 0 Å². The first-order chi connectivity index (χ1) is 32.2. The molecule has 0 aliphatic heterocycles. The summed E-state index contributed by atoms with van der Waals surface area (Å²) in [6, 6.07) is 81.6. The first kappa shape index (κ1) is 38.6. The third-order valence-corrected chi connectivity index (χ3v) is 13.4. The SMILES string of the molecule is CC1CC=C(n2c3ccccc3c3cc(N(c4ccccc4)c4ccc(-c5ccc(N(c6ccccc6)c6ccc7c(c6)c6ccccc6n7-c6ccccc6)cc5)cc4)ccc32)CC1. The van der Waals surface area contributed by atoms with Crippen molar-refractivity contribution in [1.29, 1.82) is 0 Å². The smallest absolute Gasteiger partial charge is 0.0542 e. The van der Waals surface area contributed by atoms with Crippen molar-refractivity contribution in [2.45, 2.75) is 26.2 Å². The van der Waals surface area contributed by atoms with Crippen molar-refractivity contribution in [3.63, 3.8) is 0 Å². The second-order valence-corrected chi connectivity index (χ2v) is 17.5. The van der Waals surface area contributed by atoms with Gasteiger partial charge in [-0.25, -0.2) is 0 Å². The van der Waals surface area contributed by atoms with E-state index < -0.39 is 0 Å². The van der Waals surface area contributed by atoms with Crippen molar-refractivity contribution in [1.82, 2.24) is 9.13 Å². The molecule has 0 fully saturated rings. The van der Waals surface area contributed by atoms with Crippen molar-refractivity contribution in [3.05, 3.63) is 231 Å². The summed E-state index contributed by atoms with van der Waals surface area (Å²) in [5.41, 5.74) is 16.6. The molecule has 0 N–H and O–H groups in total. The normalized spacial score (nSPS) is 14.0. The summed E-state index contributed by atoms with van der Waals surface area (Å²) in [6.07, 6.45) is 5.93. The van der Waals surface area contributed by atoms with Gasteiger partial charge < -0.3 is 18.9 Å². The Morgan fingerprint density at radius 1 is 0.369 bits per heavy atom. The minimum Gasteiger partial charge on any atom is -0.313 e. The first-order valence-corrected chi connectivity index (χ1v) is 22.9. The van der Waals surface area contributed by atoms with Crippen LogP contribution in [0, 0.1) is 5.92 Å². The van der Waals surface area contributed by atoms with E-state index in [1.165, 1.54) is 66.9 Å². The molecule has 1 unspecified atom stereocenters. The van der Waals surface area contributed by atoms with Crippen LogP contribution < -0.4 is 9.80 Å². The molecule has 0 saturated heterocycles. The Labute approximate surface area is 380 Å². The zero-order chi connectivity index (χ0) is 43.3. The van der Waals surface area contributed by atoms with E-state index in [-0.39, 0.29) is 0 Å². The Morgan fingerprint density at radius 2 is 0.769 bits per heavy atom. The monoisotopic (exact) mass is 836 g/mol. The minimum absolute atomic E-state index is 0.738. The molecule has 1 atom stereocenters. The molecule has 0 amide bonds. The van der Waals surface area contributed by atoms with Crippen LogP contribution in [0.15, 0.2) is 231 Å². The van der Waals surface area contributed by atoms with Gasteiger partial charge in [0.25, 0.3) is 0 Å². The third kappa shape index (κ3) is 6.86. The van der Waals surface area contributed by atoms with Crippen LogP contribution in [0.25, 0.3) is 66.1 Å². The fourth-order valence-corrected chi connectivity index (χ4v) is 10.2. The number of fused-ring (bicyclic) bond motifs is 6. The zero-order valence-electron chi connectivity index (χ0n) is 36.4. The lowest BCUT2D eigenvalue weighted by Gasteiger charge is -2.26. The number of anilines is 6. The summed E-state index contributed by atoms with van der Waals surface area (Å²) in [4.78, 5) is 4.74. The van der Waals surface area contributed by atoms with Gasteiger partial charge in [-0.15, -0.1) is 0 Å². The molecule has 0 saturated carbocycles. The van der Waals surface area contributed by atoms with E-state index >= 15 is 0 Å². The molecule has 0 radical (unpaired) electrons. The molecule has 1 aliphatic rings. The van der Waals surface area contributed by atoms with Gasteiger partial charge in [-0.3, -0.25) is 0 Å². The van der Waals surface area contributed by atoms with Crippen LogP contribution >= 0.6 is 0 Å². The van der Waals surface area contributed by atoms with Gasteiger partial charge in [0.2, 0.25) is 0 Å². The molecular weight excluding hydrogens is 789 g/mol. The maximum absolute atomic E-state index is 2.51. The highest BCUT2D eigenvalue weighted by Gasteiger charge is 2.21. The molecule has 2 aromatic heterocycles. The number of hydrogen-bond acceptors (Lipinski definition) is 2. The van der Waals surface area contributed by atoms with Gasteiger partial charge in [0, 0.05) is 67.1 Å². The Morgan fingerprint density at radius 3 is 1.26 bits per heavy atom. The van der Waals surface area contributed by atoms with E-state index in [9.17, 15) is 0 Å². The summed E-state index contributed by atoms with van der Waals surface area (Å²) >= 11 is 0. The fraction of sp³-hybridized carbons (Fsp3) is 0.0820. The molecule has 11 aromatic rings. The lowest BCUT2D eigenvalue weighted by molar-refractivity contribution is 0.527. The maximum Gasteiger partial charge on any atom is 0.0542 e. The number of benzene rings is 9. The van der Waals surface area contributed by atoms with E-state index in [2.05, 4.69) is 256 Å². The molecule has 1 aliphatic carbocycles. The van der Waals surface area contributed by atoms with Crippen LogP contribution in [-0.4, -0.2) is 9.13 Å². The lowest BCUT2D eigenvalue weighted by Crippen LogP contribution is -2.10. The summed E-state index contributed by atoms with van der Waals surface area (Å²) in [7, 11) is 0. The molecule has 0 spiro atoms. The fourth-order valence-electron chi connectivity index (χ4n) is 10.2. The Kier molecular flexibility index (Phi) is 9.64. The minimum atomic E-state index is 0.738. The van der Waals surface area contributed by atoms with Crippen LogP contribution in [0.3, 0.4) is 0 Å². The molecule has 4 nitrogen and oxygen atoms in total. The predicted molar refractivity (Wildman–Crippen MR) is 276 cm³/mol. The van der Waals surface area contributed by atoms with Crippen molar-refractivity contribution in [2.75, 3.05) is 9.80 Å². The summed E-state index contributed by atoms with van der Waals surface area (Å²) in [6.45, 7) is 2.36. The standard InChI is InChI=1S/C61H48N4/c1-43-25-31-51(32-26-43)65-59-24-14-12-22-55(59)57-42-53(38-40-61(57)65)63(47-17-7-3-8-18-47)50-35-29-45(30-36-50)44-27-33-49(34-28-44)62(46-15-5-2-6-16-46)52-37-39-60-56(41-52)54-21-11-13-23-58(54)64(60)48-19-9-4-10-20-48/h2-24,27-31,33-43H,25-26,32H2,1H3. The average molecular weight is 837 g/mol. The van der Waals surface area contributed by atoms with Gasteiger partial charge in [0.15, 0.2) is 0 Å².